The van der Waals surface area contributed by atoms with Crippen LogP contribution < -0.4 is 0 Å². The Hall–Kier alpha value is -4.19. The molecule has 1 unspecified atom stereocenters. The predicted octanol–water partition coefficient (Wildman–Crippen LogP) is 20.8. The summed E-state index contributed by atoms with van der Waals surface area (Å²) in [4.78, 5) is 38.2. The first kappa shape index (κ1) is 69.8. The van der Waals surface area contributed by atoms with E-state index in [1.807, 2.05) is 0 Å². The summed E-state index contributed by atoms with van der Waals surface area (Å²) in [6.45, 7) is 6.45. The SMILES string of the molecule is CC/C=C\C/C=C\C/C=C\C/C=C\C/C=C\C/C=C\C/C=C\CCCCCC(=O)OCC(COC(=O)CCCCCCC/C=C\CCCCCCC)OC(=O)CCCCCCCCC/C=C\C/C=C\CCCCC. The van der Waals surface area contributed by atoms with Gasteiger partial charge in [-0.15, -0.1) is 0 Å². The number of rotatable bonds is 54. The average molecular weight is 1030 g/mol. The van der Waals surface area contributed by atoms with Crippen LogP contribution in [0.1, 0.15) is 271 Å². The Morgan fingerprint density at radius 3 is 0.878 bits per heavy atom. The maximum absolute atomic E-state index is 12.9. The minimum Gasteiger partial charge on any atom is -0.462 e. The number of hydrogen-bond acceptors (Lipinski definition) is 6. The highest BCUT2D eigenvalue weighted by molar-refractivity contribution is 5.71. The Morgan fingerprint density at radius 1 is 0.284 bits per heavy atom. The molecule has 0 bridgehead atoms. The minimum absolute atomic E-state index is 0.0986. The van der Waals surface area contributed by atoms with Crippen LogP contribution in [0.2, 0.25) is 0 Å². The first-order chi connectivity index (χ1) is 36.5. The number of unbranched alkanes of at least 4 members (excludes halogenated alkanes) is 23. The number of allylic oxidation sites excluding steroid dienone is 20. The summed E-state index contributed by atoms with van der Waals surface area (Å²) in [5, 5.41) is 0. The van der Waals surface area contributed by atoms with Crippen molar-refractivity contribution < 1.29 is 28.6 Å². The highest BCUT2D eigenvalue weighted by atomic mass is 16.6. The van der Waals surface area contributed by atoms with Gasteiger partial charge in [0, 0.05) is 19.3 Å². The molecule has 6 nitrogen and oxygen atoms in total. The van der Waals surface area contributed by atoms with E-state index < -0.39 is 6.10 Å². The predicted molar refractivity (Wildman–Crippen MR) is 320 cm³/mol. The van der Waals surface area contributed by atoms with Crippen LogP contribution in [0.15, 0.2) is 122 Å². The maximum atomic E-state index is 12.9. The van der Waals surface area contributed by atoms with Gasteiger partial charge in [-0.1, -0.05) is 239 Å². The van der Waals surface area contributed by atoms with Gasteiger partial charge in [0.25, 0.3) is 0 Å². The van der Waals surface area contributed by atoms with Crippen LogP contribution in [0.5, 0.6) is 0 Å². The maximum Gasteiger partial charge on any atom is 0.306 e. The molecule has 0 radical (unpaired) electrons. The van der Waals surface area contributed by atoms with E-state index in [9.17, 15) is 14.4 Å². The summed E-state index contributed by atoms with van der Waals surface area (Å²) in [5.41, 5.74) is 0. The molecule has 0 amide bonds. The van der Waals surface area contributed by atoms with Gasteiger partial charge < -0.3 is 14.2 Å². The first-order valence-corrected chi connectivity index (χ1v) is 30.5. The third-order valence-corrected chi connectivity index (χ3v) is 12.7. The number of esters is 3. The average Bonchev–Trinajstić information content (AvgIpc) is 3.40. The summed E-state index contributed by atoms with van der Waals surface area (Å²) in [6, 6.07) is 0. The van der Waals surface area contributed by atoms with E-state index in [4.69, 9.17) is 14.2 Å². The summed E-state index contributed by atoms with van der Waals surface area (Å²) in [7, 11) is 0. The molecule has 0 aromatic carbocycles. The van der Waals surface area contributed by atoms with Gasteiger partial charge in [-0.3, -0.25) is 14.4 Å². The number of carbonyl (C=O) groups is 3. The van der Waals surface area contributed by atoms with E-state index in [1.165, 1.54) is 96.3 Å². The first-order valence-electron chi connectivity index (χ1n) is 30.5. The summed E-state index contributed by atoms with van der Waals surface area (Å²) in [5.74, 6) is -0.947. The lowest BCUT2D eigenvalue weighted by Gasteiger charge is -2.18. The van der Waals surface area contributed by atoms with E-state index in [-0.39, 0.29) is 31.1 Å². The van der Waals surface area contributed by atoms with Crippen LogP contribution in [0, 0.1) is 0 Å². The topological polar surface area (TPSA) is 78.9 Å². The third kappa shape index (κ3) is 58.7. The largest absolute Gasteiger partial charge is 0.462 e. The van der Waals surface area contributed by atoms with Crippen LogP contribution in [0.25, 0.3) is 0 Å². The van der Waals surface area contributed by atoms with Crippen molar-refractivity contribution in [2.45, 2.75) is 277 Å². The Bertz CT molecular complexity index is 1550. The van der Waals surface area contributed by atoms with E-state index in [0.717, 1.165) is 135 Å². The smallest absolute Gasteiger partial charge is 0.306 e. The molecule has 74 heavy (non-hydrogen) atoms. The monoisotopic (exact) mass is 1020 g/mol. The standard InChI is InChI=1S/C68H112O6/c1-4-7-10-13-16-19-22-25-28-30-31-32-33-34-35-36-37-39-40-43-46-49-52-55-58-61-67(70)73-64-65(63-72-66(69)60-57-54-51-48-45-42-27-24-21-18-15-12-9-6-3)74-68(71)62-59-56-53-50-47-44-41-38-29-26-23-20-17-14-11-8-5-2/h7,10,16-17,19-20,24-29,31-32,34-35,37,39,43,46,65H,4-6,8-9,11-15,18,21-23,30,33,36,38,40-42,44-45,47-64H2,1-3H3/b10-7-,19-16-,20-17-,27-24-,28-25-,29-26-,32-31-,35-34-,39-37-,46-43-. The molecule has 420 valence electrons. The van der Waals surface area contributed by atoms with Gasteiger partial charge >= 0.3 is 17.9 Å². The van der Waals surface area contributed by atoms with Gasteiger partial charge in [-0.2, -0.15) is 0 Å². The second-order valence-corrected chi connectivity index (χ2v) is 19.9. The molecule has 0 saturated carbocycles. The normalized spacial score (nSPS) is 13.0. The van der Waals surface area contributed by atoms with Gasteiger partial charge in [0.1, 0.15) is 13.2 Å². The molecule has 1 atom stereocenters. The second-order valence-electron chi connectivity index (χ2n) is 19.9. The molecule has 0 aromatic heterocycles. The van der Waals surface area contributed by atoms with Gasteiger partial charge in [0.05, 0.1) is 0 Å². The molecule has 0 aliphatic rings. The Kier molecular flexibility index (Phi) is 57.9. The van der Waals surface area contributed by atoms with Crippen LogP contribution >= 0.6 is 0 Å². The summed E-state index contributed by atoms with van der Waals surface area (Å²) >= 11 is 0. The van der Waals surface area contributed by atoms with E-state index in [0.29, 0.717) is 19.3 Å². The zero-order valence-electron chi connectivity index (χ0n) is 48.1. The van der Waals surface area contributed by atoms with Gasteiger partial charge in [0.2, 0.25) is 0 Å². The van der Waals surface area contributed by atoms with Crippen molar-refractivity contribution in [2.24, 2.45) is 0 Å². The lowest BCUT2D eigenvalue weighted by atomic mass is 10.1. The highest BCUT2D eigenvalue weighted by Gasteiger charge is 2.19. The molecule has 0 saturated heterocycles. The molecule has 0 N–H and O–H groups in total. The third-order valence-electron chi connectivity index (χ3n) is 12.7. The lowest BCUT2D eigenvalue weighted by molar-refractivity contribution is -0.167. The molecule has 0 aromatic rings. The Morgan fingerprint density at radius 2 is 0.527 bits per heavy atom. The van der Waals surface area contributed by atoms with E-state index >= 15 is 0 Å². The zero-order chi connectivity index (χ0) is 53.6. The number of ether oxygens (including phenoxy) is 3. The van der Waals surface area contributed by atoms with Crippen molar-refractivity contribution in [1.29, 1.82) is 0 Å². The Balaban J connectivity index is 4.46. The van der Waals surface area contributed by atoms with Gasteiger partial charge in [-0.05, 0) is 135 Å². The fourth-order valence-corrected chi connectivity index (χ4v) is 8.09. The van der Waals surface area contributed by atoms with Crippen LogP contribution in [-0.2, 0) is 28.6 Å². The fourth-order valence-electron chi connectivity index (χ4n) is 8.09. The fraction of sp³-hybridized carbons (Fsp3) is 0.662. The van der Waals surface area contributed by atoms with Crippen molar-refractivity contribution in [3.63, 3.8) is 0 Å². The molecule has 0 aliphatic carbocycles. The molecule has 6 heteroatoms. The van der Waals surface area contributed by atoms with E-state index in [2.05, 4.69) is 142 Å². The van der Waals surface area contributed by atoms with Crippen molar-refractivity contribution in [3.8, 4) is 0 Å². The summed E-state index contributed by atoms with van der Waals surface area (Å²) in [6.07, 6.45) is 84.7. The number of hydrogen-bond donors (Lipinski definition) is 0. The second kappa shape index (κ2) is 61.4. The van der Waals surface area contributed by atoms with Crippen molar-refractivity contribution >= 4 is 17.9 Å². The minimum atomic E-state index is -0.804. The molecule has 0 heterocycles. The van der Waals surface area contributed by atoms with Crippen molar-refractivity contribution in [2.75, 3.05) is 13.2 Å². The molecule has 0 aliphatic heterocycles. The Labute approximate surface area is 456 Å². The van der Waals surface area contributed by atoms with Crippen LogP contribution in [0.3, 0.4) is 0 Å². The highest BCUT2D eigenvalue weighted by Crippen LogP contribution is 2.14. The van der Waals surface area contributed by atoms with Gasteiger partial charge in [0.15, 0.2) is 6.10 Å². The number of carbonyl (C=O) groups excluding carboxylic acids is 3. The molecule has 0 rings (SSSR count). The van der Waals surface area contributed by atoms with Gasteiger partial charge in [-0.25, -0.2) is 0 Å². The quantitative estimate of drug-likeness (QED) is 0.0261. The van der Waals surface area contributed by atoms with Crippen LogP contribution in [0.4, 0.5) is 0 Å². The molecule has 0 fully saturated rings. The molecule has 0 spiro atoms. The van der Waals surface area contributed by atoms with Crippen LogP contribution in [-0.4, -0.2) is 37.2 Å². The van der Waals surface area contributed by atoms with E-state index in [1.54, 1.807) is 0 Å². The lowest BCUT2D eigenvalue weighted by Crippen LogP contribution is -2.30. The summed E-state index contributed by atoms with van der Waals surface area (Å²) < 4.78 is 16.9. The van der Waals surface area contributed by atoms with Crippen molar-refractivity contribution in [3.05, 3.63) is 122 Å². The zero-order valence-corrected chi connectivity index (χ0v) is 48.1. The molecular weight excluding hydrogens is 913 g/mol. The van der Waals surface area contributed by atoms with Crippen molar-refractivity contribution in [1.82, 2.24) is 0 Å². The molecular formula is C68H112O6.